The minimum atomic E-state index is -1.11. The Morgan fingerprint density at radius 2 is 1.11 bits per heavy atom. The number of fused-ring (bicyclic) bond motifs is 4. The molecule has 2 amide bonds. The summed E-state index contributed by atoms with van der Waals surface area (Å²) in [5.41, 5.74) is 6.16. The molecular weight excluding hydrogens is 849 g/mol. The van der Waals surface area contributed by atoms with Gasteiger partial charge in [-0.3, -0.25) is 14.4 Å². The molecule has 5 aromatic heterocycles. The number of carbonyl (C=O) groups excluding carboxylic acids is 2. The zero-order valence-corrected chi connectivity index (χ0v) is 36.8. The number of carboxylic acids is 2. The van der Waals surface area contributed by atoms with Crippen molar-refractivity contribution in [3.63, 3.8) is 0 Å². The summed E-state index contributed by atoms with van der Waals surface area (Å²) in [5, 5.41) is 29.9. The number of aromatic carboxylic acids is 1. The number of nitrogens with zero attached hydrogens (tertiary/aromatic N) is 7. The highest BCUT2D eigenvalue weighted by atomic mass is 32.1. The summed E-state index contributed by atoms with van der Waals surface area (Å²) in [7, 11) is 3.44. The SMILES string of the molecule is CC(C)(C(=O)O)C1c2cccnc2Oc2nc(-c3ccc(C(=O)O)cc3)ccc21.CN(C)C(=O)c1ccc(-c2ccc3c(n2)Oc2ncccc2C3C(C)(C)C(=O)Nc2nncs2)cc1. The van der Waals surface area contributed by atoms with Crippen LogP contribution in [0.4, 0.5) is 5.13 Å². The lowest BCUT2D eigenvalue weighted by Crippen LogP contribution is -2.38. The summed E-state index contributed by atoms with van der Waals surface area (Å²) in [5.74, 6) is -1.58. The maximum absolute atomic E-state index is 13.4. The van der Waals surface area contributed by atoms with E-state index in [4.69, 9.17) is 19.6 Å². The van der Waals surface area contributed by atoms with Gasteiger partial charge in [0, 0.05) is 77.3 Å². The predicted octanol–water partition coefficient (Wildman–Crippen LogP) is 8.79. The number of pyridine rings is 4. The molecular formula is C48H42N8O8S. The zero-order chi connectivity index (χ0) is 46.2. The van der Waals surface area contributed by atoms with Crippen LogP contribution in [0.15, 0.2) is 115 Å². The first-order chi connectivity index (χ1) is 31.0. The van der Waals surface area contributed by atoms with E-state index in [2.05, 4.69) is 30.5 Å². The summed E-state index contributed by atoms with van der Waals surface area (Å²) in [6.07, 6.45) is 3.24. The summed E-state index contributed by atoms with van der Waals surface area (Å²) < 4.78 is 12.0. The van der Waals surface area contributed by atoms with E-state index < -0.39 is 28.7 Å². The van der Waals surface area contributed by atoms with Gasteiger partial charge >= 0.3 is 11.9 Å². The number of nitrogens with one attached hydrogen (secondary N) is 1. The molecule has 2 aliphatic rings. The molecule has 16 nitrogen and oxygen atoms in total. The lowest BCUT2D eigenvalue weighted by molar-refractivity contribution is -0.147. The Morgan fingerprint density at radius 3 is 1.55 bits per heavy atom. The second-order valence-corrected chi connectivity index (χ2v) is 17.5. The fourth-order valence-corrected chi connectivity index (χ4v) is 8.32. The smallest absolute Gasteiger partial charge is 0.335 e. The molecule has 0 radical (unpaired) electrons. The summed E-state index contributed by atoms with van der Waals surface area (Å²) >= 11 is 1.26. The molecule has 0 fully saturated rings. The van der Waals surface area contributed by atoms with Gasteiger partial charge in [0.1, 0.15) is 5.51 Å². The molecule has 0 spiro atoms. The molecule has 9 rings (SSSR count). The number of rotatable bonds is 9. The van der Waals surface area contributed by atoms with Crippen LogP contribution in [-0.2, 0) is 9.59 Å². The van der Waals surface area contributed by atoms with E-state index in [1.165, 1.54) is 28.4 Å². The van der Waals surface area contributed by atoms with E-state index >= 15 is 0 Å². The third-order valence-electron chi connectivity index (χ3n) is 11.4. The van der Waals surface area contributed by atoms with Crippen molar-refractivity contribution in [3.05, 3.63) is 148 Å². The Bertz CT molecular complexity index is 2960. The maximum Gasteiger partial charge on any atom is 0.335 e. The lowest BCUT2D eigenvalue weighted by atomic mass is 9.70. The highest BCUT2D eigenvalue weighted by Crippen LogP contribution is 2.52. The van der Waals surface area contributed by atoms with Gasteiger partial charge in [-0.15, -0.1) is 10.2 Å². The quantitative estimate of drug-likeness (QED) is 0.123. The van der Waals surface area contributed by atoms with Crippen LogP contribution in [0, 0.1) is 10.8 Å². The van der Waals surface area contributed by atoms with Crippen molar-refractivity contribution in [2.45, 2.75) is 39.5 Å². The van der Waals surface area contributed by atoms with Crippen LogP contribution < -0.4 is 14.8 Å². The standard InChI is InChI=1S/C26H24N6O3S.C22H18N2O5/c1-26(2,24(34)30-25-31-28-14-36-25)20-17-6-5-13-27-21(17)35-22-18(20)11-12-19(29-22)15-7-9-16(10-8-15)23(33)32(3)4;1-22(2,21(27)28)17-14-4-3-11-23-18(14)29-19-15(17)9-10-16(24-19)12-5-7-13(8-6-12)20(25)26/h5-14,20H,1-4H3,(H,30,31,34);3-11,17H,1-2H3,(H,25,26)(H,27,28). The molecule has 0 aliphatic carbocycles. The molecule has 2 aliphatic heterocycles. The summed E-state index contributed by atoms with van der Waals surface area (Å²) in [4.78, 5) is 68.2. The molecule has 0 saturated carbocycles. The van der Waals surface area contributed by atoms with Gasteiger partial charge in [-0.05, 0) is 62.4 Å². The van der Waals surface area contributed by atoms with Gasteiger partial charge in [-0.1, -0.05) is 73.7 Å². The summed E-state index contributed by atoms with van der Waals surface area (Å²) in [6.45, 7) is 7.11. The number of amides is 2. The third-order valence-corrected chi connectivity index (χ3v) is 12.0. The molecule has 17 heteroatoms. The molecule has 2 unspecified atom stereocenters. The highest BCUT2D eigenvalue weighted by molar-refractivity contribution is 7.13. The van der Waals surface area contributed by atoms with Gasteiger partial charge in [0.05, 0.1) is 27.8 Å². The largest absolute Gasteiger partial charge is 0.481 e. The number of hydrogen-bond donors (Lipinski definition) is 3. The van der Waals surface area contributed by atoms with Crippen molar-refractivity contribution < 1.29 is 38.9 Å². The second kappa shape index (κ2) is 17.3. The van der Waals surface area contributed by atoms with Gasteiger partial charge < -0.3 is 29.9 Å². The minimum Gasteiger partial charge on any atom is -0.481 e. The molecule has 328 valence electrons. The fourth-order valence-electron chi connectivity index (χ4n) is 7.88. The van der Waals surface area contributed by atoms with Gasteiger partial charge in [0.25, 0.3) is 5.91 Å². The Kier molecular flexibility index (Phi) is 11.7. The van der Waals surface area contributed by atoms with E-state index in [1.807, 2.05) is 62.4 Å². The van der Waals surface area contributed by atoms with Gasteiger partial charge in [0.2, 0.25) is 34.6 Å². The first kappa shape index (κ1) is 43.7. The minimum absolute atomic E-state index is 0.0668. The van der Waals surface area contributed by atoms with Crippen LogP contribution in [-0.4, -0.2) is 83.1 Å². The summed E-state index contributed by atoms with van der Waals surface area (Å²) in [6, 6.07) is 28.4. The molecule has 0 saturated heterocycles. The number of carbonyl (C=O) groups is 4. The van der Waals surface area contributed by atoms with Crippen LogP contribution in [0.1, 0.15) is 82.5 Å². The Balaban J connectivity index is 0.000000181. The monoisotopic (exact) mass is 890 g/mol. The number of hydrogen-bond acceptors (Lipinski definition) is 13. The molecule has 3 N–H and O–H groups in total. The molecule has 65 heavy (non-hydrogen) atoms. The molecule has 7 aromatic rings. The van der Waals surface area contributed by atoms with E-state index in [0.29, 0.717) is 56.7 Å². The first-order valence-corrected chi connectivity index (χ1v) is 21.2. The molecule has 0 bridgehead atoms. The van der Waals surface area contributed by atoms with E-state index in [-0.39, 0.29) is 23.3 Å². The van der Waals surface area contributed by atoms with E-state index in [9.17, 15) is 24.3 Å². The Labute approximate surface area is 377 Å². The van der Waals surface area contributed by atoms with Crippen molar-refractivity contribution in [3.8, 4) is 46.0 Å². The normalized spacial score (nSPS) is 14.6. The van der Waals surface area contributed by atoms with Crippen molar-refractivity contribution >= 4 is 40.2 Å². The van der Waals surface area contributed by atoms with Crippen LogP contribution >= 0.6 is 11.3 Å². The van der Waals surface area contributed by atoms with Crippen LogP contribution in [0.2, 0.25) is 0 Å². The highest BCUT2D eigenvalue weighted by Gasteiger charge is 2.46. The number of aliphatic carboxylic acids is 1. The Morgan fingerprint density at radius 1 is 0.631 bits per heavy atom. The average molecular weight is 891 g/mol. The number of benzene rings is 2. The fraction of sp³-hybridized carbons (Fsp3) is 0.208. The number of aromatic nitrogens is 6. The Hall–Kier alpha value is -7.92. The topological polar surface area (TPSA) is 220 Å². The van der Waals surface area contributed by atoms with E-state index in [0.717, 1.165) is 22.3 Å². The van der Waals surface area contributed by atoms with E-state index in [1.54, 1.807) is 82.2 Å². The lowest BCUT2D eigenvalue weighted by Gasteiger charge is -2.36. The molecule has 2 atom stereocenters. The van der Waals surface area contributed by atoms with Crippen LogP contribution in [0.5, 0.6) is 23.5 Å². The number of carboxylic acid groups (broad SMARTS) is 2. The zero-order valence-electron chi connectivity index (χ0n) is 36.0. The molecule has 7 heterocycles. The molecule has 2 aromatic carbocycles. The average Bonchev–Trinajstić information content (AvgIpc) is 3.82. The third kappa shape index (κ3) is 8.48. The maximum atomic E-state index is 13.4. The second-order valence-electron chi connectivity index (χ2n) is 16.7. The first-order valence-electron chi connectivity index (χ1n) is 20.3. The number of anilines is 1. The number of ether oxygens (including phenoxy) is 2. The predicted molar refractivity (Wildman–Crippen MR) is 240 cm³/mol. The van der Waals surface area contributed by atoms with Crippen LogP contribution in [0.3, 0.4) is 0 Å². The van der Waals surface area contributed by atoms with Crippen LogP contribution in [0.25, 0.3) is 22.5 Å². The van der Waals surface area contributed by atoms with Crippen molar-refractivity contribution in [1.82, 2.24) is 35.0 Å². The van der Waals surface area contributed by atoms with Crippen molar-refractivity contribution in [1.29, 1.82) is 0 Å². The van der Waals surface area contributed by atoms with Crippen molar-refractivity contribution in [2.24, 2.45) is 10.8 Å². The van der Waals surface area contributed by atoms with Gasteiger partial charge in [0.15, 0.2) is 0 Å². The van der Waals surface area contributed by atoms with Crippen molar-refractivity contribution in [2.75, 3.05) is 19.4 Å². The van der Waals surface area contributed by atoms with Gasteiger partial charge in [-0.2, -0.15) is 0 Å². The van der Waals surface area contributed by atoms with Gasteiger partial charge in [-0.25, -0.2) is 24.7 Å².